The molecule has 1 aromatic carbocycles. The molecule has 39 heavy (non-hydrogen) atoms. The summed E-state index contributed by atoms with van der Waals surface area (Å²) in [5, 5.41) is 0. The quantitative estimate of drug-likeness (QED) is 0.233. The Kier molecular flexibility index (Phi) is 7.99. The third kappa shape index (κ3) is 5.55. The number of hydrogen-bond acceptors (Lipinski definition) is 6. The molecule has 11 heteroatoms. The molecule has 1 aliphatic heterocycles. The summed E-state index contributed by atoms with van der Waals surface area (Å²) in [6, 6.07) is 11.2. The second kappa shape index (κ2) is 11.6. The Morgan fingerprint density at radius 3 is 2.54 bits per heavy atom. The molecule has 0 saturated carbocycles. The number of pyridine rings is 1. The summed E-state index contributed by atoms with van der Waals surface area (Å²) >= 11 is 0. The third-order valence-electron chi connectivity index (χ3n) is 6.79. The molecular formula is C28H31F2N5O4. The minimum Gasteiger partial charge on any atom is -0.353 e. The topological polar surface area (TPSA) is 93.2 Å². The largest absolute Gasteiger partial charge is 0.353 e. The molecule has 0 aliphatic carbocycles. The summed E-state index contributed by atoms with van der Waals surface area (Å²) in [5.74, 6) is -1.94. The van der Waals surface area contributed by atoms with Crippen LogP contribution in [0.25, 0.3) is 22.6 Å². The summed E-state index contributed by atoms with van der Waals surface area (Å²) in [6.07, 6.45) is 3.04. The van der Waals surface area contributed by atoms with Crippen LogP contribution < -0.4 is 11.2 Å². The van der Waals surface area contributed by atoms with E-state index in [0.717, 1.165) is 30.9 Å². The lowest BCUT2D eigenvalue weighted by molar-refractivity contribution is -0.163. The van der Waals surface area contributed by atoms with Crippen molar-refractivity contribution < 1.29 is 18.3 Å². The minimum atomic E-state index is -1.06. The summed E-state index contributed by atoms with van der Waals surface area (Å²) in [4.78, 5) is 35.3. The molecule has 1 unspecified atom stereocenters. The van der Waals surface area contributed by atoms with E-state index in [1.54, 1.807) is 4.57 Å². The number of imidazole rings is 1. The average Bonchev–Trinajstić information content (AvgIpc) is 3.27. The predicted octanol–water partition coefficient (Wildman–Crippen LogP) is 4.26. The number of fused-ring (bicyclic) bond motifs is 1. The second-order valence-electron chi connectivity index (χ2n) is 9.88. The monoisotopic (exact) mass is 539 g/mol. The molecule has 9 nitrogen and oxygen atoms in total. The standard InChI is InChI=1S/C28H31F2N5O4/c1-18(2)35-26-23(27(36)33(28(35)37)14-8-16-39-22-11-6-7-15-38-22)34(17-19-9-4-3-5-10-19)25(32-26)20-12-13-21(29)31-24(20)30/h3-5,9-10,12-13,18,22H,6-8,11,14-17H2,1-2H3. The summed E-state index contributed by atoms with van der Waals surface area (Å²) in [7, 11) is 0. The van der Waals surface area contributed by atoms with Crippen molar-refractivity contribution in [2.45, 2.75) is 65.0 Å². The van der Waals surface area contributed by atoms with Gasteiger partial charge in [0.15, 0.2) is 17.5 Å². The van der Waals surface area contributed by atoms with Crippen molar-refractivity contribution in [1.82, 2.24) is 23.7 Å². The Morgan fingerprint density at radius 2 is 1.85 bits per heavy atom. The molecule has 206 valence electrons. The Bertz CT molecular complexity index is 1570. The first kappa shape index (κ1) is 26.9. The van der Waals surface area contributed by atoms with Gasteiger partial charge in [-0.15, -0.1) is 0 Å². The first-order valence-corrected chi connectivity index (χ1v) is 13.2. The van der Waals surface area contributed by atoms with Gasteiger partial charge in [0.25, 0.3) is 5.56 Å². The molecule has 0 N–H and O–H groups in total. The van der Waals surface area contributed by atoms with E-state index >= 15 is 0 Å². The van der Waals surface area contributed by atoms with Crippen molar-refractivity contribution in [3.63, 3.8) is 0 Å². The number of ether oxygens (including phenoxy) is 2. The normalized spacial score (nSPS) is 15.9. The maximum absolute atomic E-state index is 14.9. The molecule has 3 aromatic heterocycles. The Morgan fingerprint density at radius 1 is 1.05 bits per heavy atom. The second-order valence-corrected chi connectivity index (χ2v) is 9.88. The number of nitrogens with zero attached hydrogens (tertiary/aromatic N) is 5. The van der Waals surface area contributed by atoms with Gasteiger partial charge in [-0.1, -0.05) is 30.3 Å². The highest BCUT2D eigenvalue weighted by Crippen LogP contribution is 2.27. The fraction of sp³-hybridized carbons (Fsp3) is 0.429. The highest BCUT2D eigenvalue weighted by Gasteiger charge is 2.25. The average molecular weight is 540 g/mol. The molecule has 4 aromatic rings. The van der Waals surface area contributed by atoms with Crippen LogP contribution in [0.4, 0.5) is 8.78 Å². The number of hydrogen-bond donors (Lipinski definition) is 0. The van der Waals surface area contributed by atoms with Crippen molar-refractivity contribution in [2.75, 3.05) is 13.2 Å². The first-order valence-electron chi connectivity index (χ1n) is 13.2. The van der Waals surface area contributed by atoms with Crippen molar-refractivity contribution >= 4 is 11.2 Å². The number of rotatable bonds is 9. The van der Waals surface area contributed by atoms with Crippen molar-refractivity contribution in [1.29, 1.82) is 0 Å². The smallest absolute Gasteiger partial charge is 0.332 e. The molecule has 1 fully saturated rings. The van der Waals surface area contributed by atoms with Crippen LogP contribution in [0, 0.1) is 11.9 Å². The SMILES string of the molecule is CC(C)n1c(=O)n(CCCOC2CCCCO2)c(=O)c2c1nc(-c1ccc(F)nc1F)n2Cc1ccccc1. The van der Waals surface area contributed by atoms with E-state index in [9.17, 15) is 18.4 Å². The lowest BCUT2D eigenvalue weighted by Gasteiger charge is -2.22. The number of halogens is 2. The Labute approximate surface area is 223 Å². The zero-order valence-corrected chi connectivity index (χ0v) is 22.0. The van der Waals surface area contributed by atoms with Crippen LogP contribution in [-0.4, -0.2) is 43.2 Å². The van der Waals surface area contributed by atoms with Crippen LogP contribution in [0.2, 0.25) is 0 Å². The lowest BCUT2D eigenvalue weighted by Crippen LogP contribution is -2.41. The van der Waals surface area contributed by atoms with Gasteiger partial charge < -0.3 is 14.0 Å². The maximum Gasteiger partial charge on any atom is 0.332 e. The predicted molar refractivity (Wildman–Crippen MR) is 141 cm³/mol. The van der Waals surface area contributed by atoms with Gasteiger partial charge in [-0.3, -0.25) is 13.9 Å². The number of benzene rings is 1. The molecular weight excluding hydrogens is 508 g/mol. The van der Waals surface area contributed by atoms with Crippen LogP contribution in [0.5, 0.6) is 0 Å². The molecule has 0 bridgehead atoms. The highest BCUT2D eigenvalue weighted by molar-refractivity contribution is 5.77. The van der Waals surface area contributed by atoms with Gasteiger partial charge >= 0.3 is 5.69 Å². The van der Waals surface area contributed by atoms with E-state index in [1.165, 1.54) is 15.2 Å². The van der Waals surface area contributed by atoms with Crippen LogP contribution in [0.1, 0.15) is 51.1 Å². The fourth-order valence-corrected chi connectivity index (χ4v) is 4.90. The lowest BCUT2D eigenvalue weighted by atomic mass is 10.2. The molecule has 4 heterocycles. The van der Waals surface area contributed by atoms with E-state index < -0.39 is 23.1 Å². The van der Waals surface area contributed by atoms with E-state index in [4.69, 9.17) is 9.47 Å². The summed E-state index contributed by atoms with van der Waals surface area (Å²) in [6.45, 7) is 4.93. The van der Waals surface area contributed by atoms with E-state index in [-0.39, 0.29) is 48.0 Å². The Hall–Kier alpha value is -3.70. The molecule has 1 atom stereocenters. The molecule has 1 aliphatic rings. The van der Waals surface area contributed by atoms with Crippen molar-refractivity contribution in [2.24, 2.45) is 0 Å². The summed E-state index contributed by atoms with van der Waals surface area (Å²) in [5.41, 5.74) is 0.0111. The third-order valence-corrected chi connectivity index (χ3v) is 6.79. The maximum atomic E-state index is 14.9. The van der Waals surface area contributed by atoms with Crippen LogP contribution >= 0.6 is 0 Å². The van der Waals surface area contributed by atoms with Crippen molar-refractivity contribution in [3.05, 3.63) is 80.8 Å². The Balaban J connectivity index is 1.62. The fourth-order valence-electron chi connectivity index (χ4n) is 4.90. The van der Waals surface area contributed by atoms with Gasteiger partial charge in [0.05, 0.1) is 12.2 Å². The van der Waals surface area contributed by atoms with Crippen LogP contribution in [0.15, 0.2) is 52.1 Å². The molecule has 5 rings (SSSR count). The zero-order chi connectivity index (χ0) is 27.5. The molecule has 0 radical (unpaired) electrons. The molecule has 0 spiro atoms. The van der Waals surface area contributed by atoms with E-state index in [1.807, 2.05) is 44.2 Å². The van der Waals surface area contributed by atoms with Gasteiger partial charge in [-0.05, 0) is 57.2 Å². The van der Waals surface area contributed by atoms with Gasteiger partial charge in [-0.25, -0.2) is 9.78 Å². The van der Waals surface area contributed by atoms with Crippen LogP contribution in [0.3, 0.4) is 0 Å². The molecule has 1 saturated heterocycles. The van der Waals surface area contributed by atoms with Gasteiger partial charge in [0.1, 0.15) is 5.82 Å². The van der Waals surface area contributed by atoms with E-state index in [0.29, 0.717) is 19.6 Å². The molecule has 0 amide bonds. The minimum absolute atomic E-state index is 0.0712. The van der Waals surface area contributed by atoms with Gasteiger partial charge in [0, 0.05) is 25.7 Å². The van der Waals surface area contributed by atoms with Crippen molar-refractivity contribution in [3.8, 4) is 11.4 Å². The van der Waals surface area contributed by atoms with E-state index in [2.05, 4.69) is 9.97 Å². The van der Waals surface area contributed by atoms with Gasteiger partial charge in [-0.2, -0.15) is 13.8 Å². The number of aromatic nitrogens is 5. The van der Waals surface area contributed by atoms with Gasteiger partial charge in [0.2, 0.25) is 11.9 Å². The zero-order valence-electron chi connectivity index (χ0n) is 22.0. The first-order chi connectivity index (χ1) is 18.8. The highest BCUT2D eigenvalue weighted by atomic mass is 19.1. The van der Waals surface area contributed by atoms with Crippen LogP contribution in [-0.2, 0) is 22.6 Å². The summed E-state index contributed by atoms with van der Waals surface area (Å²) < 4.78 is 44.1.